The Hall–Kier alpha value is -3.32. The van der Waals surface area contributed by atoms with Gasteiger partial charge in [0.2, 0.25) is 11.8 Å². The fraction of sp³-hybridized carbons (Fsp3) is 0.273. The van der Waals surface area contributed by atoms with Crippen molar-refractivity contribution in [1.82, 2.24) is 20.3 Å². The van der Waals surface area contributed by atoms with Gasteiger partial charge in [-0.25, -0.2) is 4.98 Å². The first-order valence-electron chi connectivity index (χ1n) is 9.94. The number of aromatic nitrogens is 3. The van der Waals surface area contributed by atoms with Gasteiger partial charge in [0.25, 0.3) is 0 Å². The van der Waals surface area contributed by atoms with Gasteiger partial charge in [-0.3, -0.25) is 0 Å². The van der Waals surface area contributed by atoms with Crippen LogP contribution in [0.25, 0.3) is 33.1 Å². The van der Waals surface area contributed by atoms with Gasteiger partial charge in [-0.15, -0.1) is 0 Å². The maximum absolute atomic E-state index is 9.54. The van der Waals surface area contributed by atoms with Gasteiger partial charge in [-0.2, -0.15) is 4.98 Å². The normalized spacial score (nSPS) is 14.6. The minimum Gasteiger partial charge on any atom is -0.508 e. The van der Waals surface area contributed by atoms with Gasteiger partial charge in [0, 0.05) is 37.1 Å². The number of piperazine rings is 1. The van der Waals surface area contributed by atoms with Crippen LogP contribution < -0.4 is 15.0 Å². The summed E-state index contributed by atoms with van der Waals surface area (Å²) in [5.74, 6) is 1.57. The van der Waals surface area contributed by atoms with Crippen LogP contribution in [0.5, 0.6) is 11.6 Å². The molecule has 5 rings (SSSR count). The number of aromatic amines is 1. The highest BCUT2D eigenvalue weighted by atomic mass is 16.5. The Labute approximate surface area is 168 Å². The molecule has 0 bridgehead atoms. The highest BCUT2D eigenvalue weighted by molar-refractivity contribution is 6.07. The van der Waals surface area contributed by atoms with Gasteiger partial charge >= 0.3 is 0 Å². The lowest BCUT2D eigenvalue weighted by Crippen LogP contribution is -2.44. The molecule has 0 unspecified atom stereocenters. The van der Waals surface area contributed by atoms with E-state index in [9.17, 15) is 5.11 Å². The molecule has 1 aliphatic heterocycles. The largest absolute Gasteiger partial charge is 0.508 e. The first kappa shape index (κ1) is 17.8. The number of hydrogen-bond acceptors (Lipinski definition) is 6. The molecule has 0 saturated carbocycles. The Morgan fingerprint density at radius 1 is 1.03 bits per heavy atom. The molecule has 0 amide bonds. The van der Waals surface area contributed by atoms with Crippen LogP contribution in [0.1, 0.15) is 6.92 Å². The number of ether oxygens (including phenoxy) is 1. The quantitative estimate of drug-likeness (QED) is 0.497. The van der Waals surface area contributed by atoms with E-state index >= 15 is 0 Å². The summed E-state index contributed by atoms with van der Waals surface area (Å²) >= 11 is 0. The molecule has 0 spiro atoms. The number of anilines is 1. The van der Waals surface area contributed by atoms with Crippen molar-refractivity contribution in [3.8, 4) is 22.8 Å². The number of hydrogen-bond donors (Lipinski definition) is 3. The van der Waals surface area contributed by atoms with Gasteiger partial charge in [-0.1, -0.05) is 24.3 Å². The van der Waals surface area contributed by atoms with Crippen LogP contribution in [0.4, 0.5) is 5.95 Å². The second-order valence-corrected chi connectivity index (χ2v) is 7.15. The standard InChI is InChI=1S/C22H23N5O2/c1-2-29-21-20-19(25-22(26-21)27-11-9-23-10-12-27)17-8-5-15(13-18(17)24-20)14-3-6-16(28)7-4-14/h3-8,13,23-24,28H,2,9-12H2,1H3. The van der Waals surface area contributed by atoms with Crippen molar-refractivity contribution < 1.29 is 9.84 Å². The zero-order valence-corrected chi connectivity index (χ0v) is 16.3. The number of nitrogens with one attached hydrogen (secondary N) is 2. The monoisotopic (exact) mass is 389 g/mol. The summed E-state index contributed by atoms with van der Waals surface area (Å²) < 4.78 is 5.86. The summed E-state index contributed by atoms with van der Waals surface area (Å²) in [6.07, 6.45) is 0. The highest BCUT2D eigenvalue weighted by Crippen LogP contribution is 2.34. The van der Waals surface area contributed by atoms with E-state index in [1.165, 1.54) is 0 Å². The van der Waals surface area contributed by atoms with E-state index in [-0.39, 0.29) is 5.75 Å². The average Bonchev–Trinajstić information content (AvgIpc) is 3.13. The zero-order valence-electron chi connectivity index (χ0n) is 16.3. The number of phenols is 1. The Morgan fingerprint density at radius 3 is 2.55 bits per heavy atom. The van der Waals surface area contributed by atoms with Crippen LogP contribution in [0.2, 0.25) is 0 Å². The van der Waals surface area contributed by atoms with E-state index in [1.54, 1.807) is 12.1 Å². The van der Waals surface area contributed by atoms with E-state index in [0.29, 0.717) is 18.4 Å². The van der Waals surface area contributed by atoms with Crippen molar-refractivity contribution in [2.24, 2.45) is 0 Å². The maximum Gasteiger partial charge on any atom is 0.243 e. The second kappa shape index (κ2) is 7.25. The third-order valence-corrected chi connectivity index (χ3v) is 5.28. The minimum absolute atomic E-state index is 0.262. The number of phenolic OH excluding ortho intramolecular Hbond substituents is 1. The molecule has 7 heteroatoms. The fourth-order valence-corrected chi connectivity index (χ4v) is 3.81. The molecule has 4 aromatic rings. The molecule has 1 saturated heterocycles. The van der Waals surface area contributed by atoms with Crippen LogP contribution in [-0.4, -0.2) is 52.8 Å². The van der Waals surface area contributed by atoms with Gasteiger partial charge in [0.1, 0.15) is 16.8 Å². The Balaban J connectivity index is 1.65. The molecule has 2 aromatic carbocycles. The minimum atomic E-state index is 0.262. The number of rotatable bonds is 4. The predicted octanol–water partition coefficient (Wildman–Crippen LogP) is 3.29. The van der Waals surface area contributed by atoms with Gasteiger partial charge in [0.05, 0.1) is 6.61 Å². The molecule has 0 atom stereocenters. The molecular formula is C22H23N5O2. The van der Waals surface area contributed by atoms with E-state index in [2.05, 4.69) is 33.4 Å². The summed E-state index contributed by atoms with van der Waals surface area (Å²) in [6.45, 7) is 6.12. The molecule has 2 aromatic heterocycles. The van der Waals surface area contributed by atoms with E-state index in [1.807, 2.05) is 19.1 Å². The third-order valence-electron chi connectivity index (χ3n) is 5.28. The zero-order chi connectivity index (χ0) is 19.8. The molecule has 0 aliphatic carbocycles. The van der Waals surface area contributed by atoms with Crippen molar-refractivity contribution in [2.45, 2.75) is 6.92 Å². The van der Waals surface area contributed by atoms with Crippen LogP contribution in [0.3, 0.4) is 0 Å². The van der Waals surface area contributed by atoms with Crippen molar-refractivity contribution in [3.63, 3.8) is 0 Å². The van der Waals surface area contributed by atoms with Crippen molar-refractivity contribution in [1.29, 1.82) is 0 Å². The number of nitrogens with zero attached hydrogens (tertiary/aromatic N) is 3. The lowest BCUT2D eigenvalue weighted by molar-refractivity contribution is 0.330. The number of aromatic hydroxyl groups is 1. The molecule has 1 aliphatic rings. The van der Waals surface area contributed by atoms with E-state index in [0.717, 1.165) is 59.2 Å². The van der Waals surface area contributed by atoms with Crippen LogP contribution in [0.15, 0.2) is 42.5 Å². The lowest BCUT2D eigenvalue weighted by Gasteiger charge is -2.27. The number of H-pyrrole nitrogens is 1. The number of fused-ring (bicyclic) bond motifs is 3. The summed E-state index contributed by atoms with van der Waals surface area (Å²) in [4.78, 5) is 15.2. The van der Waals surface area contributed by atoms with Gasteiger partial charge < -0.3 is 25.0 Å². The summed E-state index contributed by atoms with van der Waals surface area (Å²) in [5, 5.41) is 13.9. The summed E-state index contributed by atoms with van der Waals surface area (Å²) in [5.41, 5.74) is 4.80. The molecular weight excluding hydrogens is 366 g/mol. The second-order valence-electron chi connectivity index (χ2n) is 7.15. The van der Waals surface area contributed by atoms with Crippen LogP contribution in [-0.2, 0) is 0 Å². The van der Waals surface area contributed by atoms with Gasteiger partial charge in [0.15, 0.2) is 0 Å². The van der Waals surface area contributed by atoms with Crippen molar-refractivity contribution in [3.05, 3.63) is 42.5 Å². The molecule has 148 valence electrons. The van der Waals surface area contributed by atoms with Crippen molar-refractivity contribution in [2.75, 3.05) is 37.7 Å². The molecule has 1 fully saturated rings. The topological polar surface area (TPSA) is 86.3 Å². The first-order chi connectivity index (χ1) is 14.2. The first-order valence-corrected chi connectivity index (χ1v) is 9.94. The smallest absolute Gasteiger partial charge is 0.243 e. The average molecular weight is 389 g/mol. The van der Waals surface area contributed by atoms with E-state index in [4.69, 9.17) is 14.7 Å². The molecule has 0 radical (unpaired) electrons. The fourth-order valence-electron chi connectivity index (χ4n) is 3.81. The maximum atomic E-state index is 9.54. The molecule has 3 N–H and O–H groups in total. The summed E-state index contributed by atoms with van der Waals surface area (Å²) in [6, 6.07) is 13.5. The van der Waals surface area contributed by atoms with E-state index < -0.39 is 0 Å². The Bertz CT molecular complexity index is 1160. The highest BCUT2D eigenvalue weighted by Gasteiger charge is 2.19. The predicted molar refractivity (Wildman–Crippen MR) is 115 cm³/mol. The van der Waals surface area contributed by atoms with Crippen LogP contribution >= 0.6 is 0 Å². The van der Waals surface area contributed by atoms with Gasteiger partial charge in [-0.05, 0) is 36.2 Å². The lowest BCUT2D eigenvalue weighted by atomic mass is 10.0. The molecule has 29 heavy (non-hydrogen) atoms. The third kappa shape index (κ3) is 3.23. The van der Waals surface area contributed by atoms with Crippen molar-refractivity contribution >= 4 is 27.9 Å². The van der Waals surface area contributed by atoms with Crippen LogP contribution in [0, 0.1) is 0 Å². The summed E-state index contributed by atoms with van der Waals surface area (Å²) in [7, 11) is 0. The SMILES string of the molecule is CCOc1nc(N2CCNCC2)nc2c1[nH]c1cc(-c3ccc(O)cc3)ccc12. The Morgan fingerprint density at radius 2 is 1.79 bits per heavy atom. The molecule has 7 nitrogen and oxygen atoms in total. The number of benzene rings is 2. The Kier molecular flexibility index (Phi) is 4.44. The molecule has 3 heterocycles.